The second-order valence-corrected chi connectivity index (χ2v) is 6.02. The van der Waals surface area contributed by atoms with Crippen LogP contribution < -0.4 is 10.6 Å². The highest BCUT2D eigenvalue weighted by Crippen LogP contribution is 2.16. The van der Waals surface area contributed by atoms with Crippen molar-refractivity contribution in [2.24, 2.45) is 5.92 Å². The zero-order valence-corrected chi connectivity index (χ0v) is 13.0. The Morgan fingerprint density at radius 1 is 1.38 bits per heavy atom. The lowest BCUT2D eigenvalue weighted by Crippen LogP contribution is -2.47. The maximum absolute atomic E-state index is 12.1. The molecule has 4 heteroatoms. The zero-order valence-electron chi connectivity index (χ0n) is 13.0. The molecule has 0 fully saturated rings. The summed E-state index contributed by atoms with van der Waals surface area (Å²) in [7, 11) is 0. The minimum absolute atomic E-state index is 0.0911. The fourth-order valence-corrected chi connectivity index (χ4v) is 2.47. The van der Waals surface area contributed by atoms with E-state index in [1.54, 1.807) is 0 Å². The van der Waals surface area contributed by atoms with E-state index >= 15 is 0 Å². The molecule has 1 aromatic carbocycles. The molecule has 0 saturated carbocycles. The fraction of sp³-hybridized carbons (Fsp3) is 0.588. The summed E-state index contributed by atoms with van der Waals surface area (Å²) >= 11 is 0. The van der Waals surface area contributed by atoms with Gasteiger partial charge in [-0.3, -0.25) is 4.79 Å². The molecule has 0 aromatic heterocycles. The number of nitrogens with one attached hydrogen (secondary N) is 2. The number of fused-ring (bicyclic) bond motifs is 1. The molecule has 0 saturated heterocycles. The molecule has 0 radical (unpaired) electrons. The molecule has 1 aromatic rings. The Morgan fingerprint density at radius 3 is 2.90 bits per heavy atom. The molecule has 0 aliphatic carbocycles. The number of amides is 1. The average Bonchev–Trinajstić information content (AvgIpc) is 2.49. The average molecular weight is 290 g/mol. The molecule has 116 valence electrons. The van der Waals surface area contributed by atoms with Crippen molar-refractivity contribution >= 4 is 5.91 Å². The summed E-state index contributed by atoms with van der Waals surface area (Å²) in [5, 5.41) is 6.29. The molecule has 4 nitrogen and oxygen atoms in total. The Morgan fingerprint density at radius 2 is 2.14 bits per heavy atom. The first-order valence-electron chi connectivity index (χ1n) is 7.82. The predicted octanol–water partition coefficient (Wildman–Crippen LogP) is 1.88. The van der Waals surface area contributed by atoms with Gasteiger partial charge in [-0.05, 0) is 29.9 Å². The van der Waals surface area contributed by atoms with Crippen molar-refractivity contribution in [2.45, 2.75) is 39.3 Å². The number of benzene rings is 1. The lowest BCUT2D eigenvalue weighted by atomic mass is 9.95. The van der Waals surface area contributed by atoms with Gasteiger partial charge in [0, 0.05) is 26.3 Å². The minimum atomic E-state index is -0.114. The van der Waals surface area contributed by atoms with Crippen LogP contribution in [0.15, 0.2) is 24.3 Å². The predicted molar refractivity (Wildman–Crippen MR) is 84.1 cm³/mol. The van der Waals surface area contributed by atoms with Gasteiger partial charge in [0.05, 0.1) is 6.04 Å². The van der Waals surface area contributed by atoms with Crippen molar-refractivity contribution < 1.29 is 9.53 Å². The highest BCUT2D eigenvalue weighted by atomic mass is 16.5. The molecule has 1 unspecified atom stereocenters. The molecule has 0 bridgehead atoms. The van der Waals surface area contributed by atoms with Gasteiger partial charge < -0.3 is 15.4 Å². The molecule has 1 aliphatic rings. The summed E-state index contributed by atoms with van der Waals surface area (Å²) in [5.74, 6) is 0.652. The van der Waals surface area contributed by atoms with Crippen molar-refractivity contribution in [1.82, 2.24) is 10.6 Å². The Labute approximate surface area is 127 Å². The minimum Gasteiger partial charge on any atom is -0.381 e. The van der Waals surface area contributed by atoms with E-state index in [0.29, 0.717) is 19.1 Å². The van der Waals surface area contributed by atoms with Crippen LogP contribution in [-0.4, -0.2) is 31.7 Å². The third-order valence-corrected chi connectivity index (χ3v) is 3.61. The standard InChI is InChI=1S/C17H26N2O2/c1-13(2)12-21-9-5-8-18-17(20)16-10-14-6-3-4-7-15(14)11-19-16/h3-4,6-7,13,16,19H,5,8-12H2,1-2H3,(H,18,20). The molecule has 21 heavy (non-hydrogen) atoms. The van der Waals surface area contributed by atoms with Crippen LogP contribution in [0.4, 0.5) is 0 Å². The van der Waals surface area contributed by atoms with Crippen LogP contribution in [0.3, 0.4) is 0 Å². The van der Waals surface area contributed by atoms with Gasteiger partial charge in [0.15, 0.2) is 0 Å². The number of ether oxygens (including phenoxy) is 1. The van der Waals surface area contributed by atoms with Gasteiger partial charge in [0.25, 0.3) is 0 Å². The largest absolute Gasteiger partial charge is 0.381 e. The third kappa shape index (κ3) is 5.14. The lowest BCUT2D eigenvalue weighted by molar-refractivity contribution is -0.123. The molecular weight excluding hydrogens is 264 g/mol. The first kappa shape index (κ1) is 16.0. The van der Waals surface area contributed by atoms with Crippen molar-refractivity contribution in [3.8, 4) is 0 Å². The summed E-state index contributed by atoms with van der Waals surface area (Å²) in [5.41, 5.74) is 2.57. The van der Waals surface area contributed by atoms with Gasteiger partial charge in [-0.2, -0.15) is 0 Å². The fourth-order valence-electron chi connectivity index (χ4n) is 2.47. The topological polar surface area (TPSA) is 50.4 Å². The van der Waals surface area contributed by atoms with E-state index < -0.39 is 0 Å². The number of carbonyl (C=O) groups excluding carboxylic acids is 1. The first-order chi connectivity index (χ1) is 10.2. The maximum Gasteiger partial charge on any atom is 0.237 e. The van der Waals surface area contributed by atoms with Gasteiger partial charge in [0.2, 0.25) is 5.91 Å². The van der Waals surface area contributed by atoms with Crippen LogP contribution in [0.1, 0.15) is 31.4 Å². The Hall–Kier alpha value is -1.39. The monoisotopic (exact) mass is 290 g/mol. The summed E-state index contributed by atoms with van der Waals surface area (Å²) in [6.45, 7) is 7.21. The molecule has 1 heterocycles. The van der Waals surface area contributed by atoms with E-state index in [-0.39, 0.29) is 11.9 Å². The van der Waals surface area contributed by atoms with Crippen molar-refractivity contribution in [3.63, 3.8) is 0 Å². The van der Waals surface area contributed by atoms with Crippen molar-refractivity contribution in [1.29, 1.82) is 0 Å². The quantitative estimate of drug-likeness (QED) is 0.754. The molecule has 2 N–H and O–H groups in total. The highest BCUT2D eigenvalue weighted by molar-refractivity contribution is 5.82. The van der Waals surface area contributed by atoms with Gasteiger partial charge in [-0.1, -0.05) is 38.1 Å². The van der Waals surface area contributed by atoms with Crippen LogP contribution >= 0.6 is 0 Å². The number of hydrogen-bond acceptors (Lipinski definition) is 3. The maximum atomic E-state index is 12.1. The van der Waals surface area contributed by atoms with Crippen LogP contribution in [0.2, 0.25) is 0 Å². The summed E-state index contributed by atoms with van der Waals surface area (Å²) in [4.78, 5) is 12.1. The Kier molecular flexibility index (Phi) is 6.21. The second-order valence-electron chi connectivity index (χ2n) is 6.02. The molecular formula is C17H26N2O2. The Balaban J connectivity index is 1.66. The summed E-state index contributed by atoms with van der Waals surface area (Å²) in [6.07, 6.45) is 1.63. The van der Waals surface area contributed by atoms with Crippen LogP contribution in [-0.2, 0) is 22.5 Å². The van der Waals surface area contributed by atoms with E-state index in [1.807, 2.05) is 12.1 Å². The third-order valence-electron chi connectivity index (χ3n) is 3.61. The van der Waals surface area contributed by atoms with E-state index in [2.05, 4.69) is 36.6 Å². The van der Waals surface area contributed by atoms with Crippen LogP contribution in [0.25, 0.3) is 0 Å². The van der Waals surface area contributed by atoms with E-state index in [1.165, 1.54) is 11.1 Å². The number of carbonyl (C=O) groups is 1. The van der Waals surface area contributed by atoms with Gasteiger partial charge in [-0.25, -0.2) is 0 Å². The van der Waals surface area contributed by atoms with E-state index in [0.717, 1.165) is 26.0 Å². The van der Waals surface area contributed by atoms with Gasteiger partial charge in [0.1, 0.15) is 0 Å². The first-order valence-corrected chi connectivity index (χ1v) is 7.82. The van der Waals surface area contributed by atoms with Crippen molar-refractivity contribution in [2.75, 3.05) is 19.8 Å². The molecule has 1 atom stereocenters. The second kappa shape index (κ2) is 8.15. The SMILES string of the molecule is CC(C)COCCCNC(=O)C1Cc2ccccc2CN1. The molecule has 1 aliphatic heterocycles. The van der Waals surface area contributed by atoms with Gasteiger partial charge in [-0.15, -0.1) is 0 Å². The molecule has 2 rings (SSSR count). The van der Waals surface area contributed by atoms with E-state index in [4.69, 9.17) is 4.74 Å². The lowest BCUT2D eigenvalue weighted by Gasteiger charge is -2.25. The molecule has 0 spiro atoms. The van der Waals surface area contributed by atoms with Crippen molar-refractivity contribution in [3.05, 3.63) is 35.4 Å². The molecule has 1 amide bonds. The summed E-state index contributed by atoms with van der Waals surface area (Å²) < 4.78 is 5.50. The van der Waals surface area contributed by atoms with E-state index in [9.17, 15) is 4.79 Å². The summed E-state index contributed by atoms with van der Waals surface area (Å²) in [6, 6.07) is 8.18. The number of rotatable bonds is 7. The van der Waals surface area contributed by atoms with Crippen LogP contribution in [0, 0.1) is 5.92 Å². The zero-order chi connectivity index (χ0) is 15.1. The highest BCUT2D eigenvalue weighted by Gasteiger charge is 2.23. The van der Waals surface area contributed by atoms with Crippen LogP contribution in [0.5, 0.6) is 0 Å². The smallest absolute Gasteiger partial charge is 0.237 e. The normalized spacial score (nSPS) is 17.6. The van der Waals surface area contributed by atoms with Gasteiger partial charge >= 0.3 is 0 Å². The number of hydrogen-bond donors (Lipinski definition) is 2. The Bertz CT molecular complexity index is 460.